The predicted molar refractivity (Wildman–Crippen MR) is 158 cm³/mol. The van der Waals surface area contributed by atoms with Crippen LogP contribution in [0.3, 0.4) is 0 Å². The van der Waals surface area contributed by atoms with Crippen molar-refractivity contribution >= 4 is 57.1 Å². The van der Waals surface area contributed by atoms with Gasteiger partial charge in [0.25, 0.3) is 0 Å². The fraction of sp³-hybridized carbons (Fsp3) is 0.429. The van der Waals surface area contributed by atoms with Crippen molar-refractivity contribution in [3.05, 3.63) is 57.7 Å². The fourth-order valence-electron chi connectivity index (χ4n) is 5.32. The van der Waals surface area contributed by atoms with Gasteiger partial charge in [-0.25, -0.2) is 19.9 Å². The second kappa shape index (κ2) is 12.1. The summed E-state index contributed by atoms with van der Waals surface area (Å²) in [5.41, 5.74) is 6.86. The van der Waals surface area contributed by atoms with E-state index in [4.69, 9.17) is 44.3 Å². The van der Waals surface area contributed by atoms with E-state index in [1.54, 1.807) is 12.7 Å². The van der Waals surface area contributed by atoms with Crippen LogP contribution in [0.1, 0.15) is 62.1 Å². The molecule has 0 bridgehead atoms. The lowest BCUT2D eigenvalue weighted by Crippen LogP contribution is -2.17. The van der Waals surface area contributed by atoms with E-state index in [-0.39, 0.29) is 28.2 Å². The number of fused-ring (bicyclic) bond motifs is 2. The van der Waals surface area contributed by atoms with Crippen LogP contribution in [-0.2, 0) is 9.47 Å². The normalized spacial score (nSPS) is 19.3. The number of hydrogen-bond donors (Lipinski definition) is 0. The molecule has 2 aliphatic heterocycles. The minimum atomic E-state index is -0.0317. The maximum atomic E-state index is 6.22. The zero-order valence-electron chi connectivity index (χ0n) is 22.7. The first-order valence-corrected chi connectivity index (χ1v) is 14.8. The van der Waals surface area contributed by atoms with E-state index in [0.29, 0.717) is 11.2 Å². The topological polar surface area (TPSA) is 106 Å². The predicted octanol–water partition coefficient (Wildman–Crippen LogP) is 7.29. The molecule has 10 nitrogen and oxygen atoms in total. The Kier molecular flexibility index (Phi) is 8.37. The first-order chi connectivity index (χ1) is 19.9. The van der Waals surface area contributed by atoms with Crippen LogP contribution in [0.2, 0.25) is 15.7 Å². The Balaban J connectivity index is 0.000000156. The van der Waals surface area contributed by atoms with E-state index in [1.165, 1.54) is 5.56 Å². The molecular formula is C28H29Cl3N8O2. The van der Waals surface area contributed by atoms with Crippen LogP contribution in [0, 0.1) is 13.8 Å². The van der Waals surface area contributed by atoms with Crippen LogP contribution in [0.5, 0.6) is 0 Å². The average molecular weight is 616 g/mol. The SMILES string of the molecule is Cc1ccc(-c2nc(Cl)nc3c2ncn3C2CCCCO2)c(C)c1.Clc1nc(Cl)c2ncn(C3CCCCO3)c2n1. The summed E-state index contributed by atoms with van der Waals surface area (Å²) in [6.45, 7) is 5.68. The van der Waals surface area contributed by atoms with Gasteiger partial charge >= 0.3 is 0 Å². The molecule has 2 saturated heterocycles. The van der Waals surface area contributed by atoms with Crippen molar-refractivity contribution in [2.45, 2.75) is 64.8 Å². The van der Waals surface area contributed by atoms with Crippen molar-refractivity contribution in [3.63, 3.8) is 0 Å². The molecule has 0 spiro atoms. The smallest absolute Gasteiger partial charge is 0.225 e. The standard InChI is InChI=1S/C18H19ClN4O.C10H10Cl2N4O/c1-11-6-7-13(12(2)9-11)15-16-17(22-18(19)21-15)23(10-20-16)14-5-3-4-8-24-14;11-8-7-9(15-10(12)14-8)16(5-13-7)6-3-1-2-4-17-6/h6-7,9-10,14H,3-5,8H2,1-2H3;5-6H,1-4H2. The first-order valence-electron chi connectivity index (χ1n) is 13.7. The van der Waals surface area contributed by atoms with E-state index in [2.05, 4.69) is 62.0 Å². The van der Waals surface area contributed by atoms with Crippen molar-refractivity contribution in [2.24, 2.45) is 0 Å². The van der Waals surface area contributed by atoms with Gasteiger partial charge in [0, 0.05) is 18.8 Å². The second-order valence-electron chi connectivity index (χ2n) is 10.2. The number of halogens is 3. The molecule has 2 fully saturated rings. The quantitative estimate of drug-likeness (QED) is 0.154. The largest absolute Gasteiger partial charge is 0.358 e. The lowest BCUT2D eigenvalue weighted by atomic mass is 10.0. The highest BCUT2D eigenvalue weighted by Crippen LogP contribution is 2.32. The van der Waals surface area contributed by atoms with E-state index < -0.39 is 0 Å². The number of benzene rings is 1. The Bertz CT molecular complexity index is 1690. The molecule has 4 aromatic heterocycles. The van der Waals surface area contributed by atoms with E-state index in [1.807, 2.05) is 9.13 Å². The molecule has 214 valence electrons. The third-order valence-electron chi connectivity index (χ3n) is 7.31. The van der Waals surface area contributed by atoms with Crippen LogP contribution in [0.25, 0.3) is 33.6 Å². The van der Waals surface area contributed by atoms with Gasteiger partial charge < -0.3 is 9.47 Å². The number of ether oxygens (including phenoxy) is 2. The number of aryl methyl sites for hydroxylation is 2. The van der Waals surface area contributed by atoms with Crippen LogP contribution in [0.4, 0.5) is 0 Å². The summed E-state index contributed by atoms with van der Waals surface area (Å²) in [5.74, 6) is 0. The molecular weight excluding hydrogens is 587 g/mol. The molecule has 0 aliphatic carbocycles. The van der Waals surface area contributed by atoms with E-state index >= 15 is 0 Å². The van der Waals surface area contributed by atoms with Crippen LogP contribution >= 0.6 is 34.8 Å². The molecule has 6 heterocycles. The van der Waals surface area contributed by atoms with Gasteiger partial charge in [0.05, 0.1) is 12.7 Å². The summed E-state index contributed by atoms with van der Waals surface area (Å²) >= 11 is 18.0. The van der Waals surface area contributed by atoms with E-state index in [0.717, 1.165) is 79.7 Å². The summed E-state index contributed by atoms with van der Waals surface area (Å²) in [4.78, 5) is 25.7. The van der Waals surface area contributed by atoms with Gasteiger partial charge in [-0.3, -0.25) is 9.13 Å². The van der Waals surface area contributed by atoms with Crippen molar-refractivity contribution < 1.29 is 9.47 Å². The molecule has 0 radical (unpaired) electrons. The maximum absolute atomic E-state index is 6.22. The third kappa shape index (κ3) is 5.89. The number of rotatable bonds is 3. The summed E-state index contributed by atoms with van der Waals surface area (Å²) in [6, 6.07) is 6.28. The number of imidazole rings is 2. The van der Waals surface area contributed by atoms with Gasteiger partial charge in [0.1, 0.15) is 29.2 Å². The number of hydrogen-bond acceptors (Lipinski definition) is 8. The summed E-state index contributed by atoms with van der Waals surface area (Å²) in [6.07, 6.45) is 9.81. The molecule has 0 amide bonds. The molecule has 5 aromatic rings. The Morgan fingerprint density at radius 2 is 1.32 bits per heavy atom. The monoisotopic (exact) mass is 614 g/mol. The minimum Gasteiger partial charge on any atom is -0.358 e. The maximum Gasteiger partial charge on any atom is 0.225 e. The first kappa shape index (κ1) is 28.2. The molecule has 2 unspecified atom stereocenters. The Hall–Kier alpha value is -2.89. The zero-order valence-corrected chi connectivity index (χ0v) is 25.0. The fourth-order valence-corrected chi connectivity index (χ4v) is 5.91. The van der Waals surface area contributed by atoms with Gasteiger partial charge in [-0.15, -0.1) is 0 Å². The van der Waals surface area contributed by atoms with Gasteiger partial charge in [0.15, 0.2) is 16.4 Å². The highest BCUT2D eigenvalue weighted by Gasteiger charge is 2.23. The van der Waals surface area contributed by atoms with Crippen molar-refractivity contribution in [3.8, 4) is 11.3 Å². The number of nitrogens with zero attached hydrogens (tertiary/aromatic N) is 8. The highest BCUT2D eigenvalue weighted by molar-refractivity contribution is 6.35. The van der Waals surface area contributed by atoms with E-state index in [9.17, 15) is 0 Å². The zero-order chi connectivity index (χ0) is 28.5. The molecule has 2 aliphatic rings. The summed E-state index contributed by atoms with van der Waals surface area (Å²) < 4.78 is 15.4. The van der Waals surface area contributed by atoms with Gasteiger partial charge in [0.2, 0.25) is 10.6 Å². The Labute approximate surface area is 252 Å². The van der Waals surface area contributed by atoms with Crippen molar-refractivity contribution in [2.75, 3.05) is 13.2 Å². The van der Waals surface area contributed by atoms with Crippen molar-refractivity contribution in [1.29, 1.82) is 0 Å². The van der Waals surface area contributed by atoms with Crippen LogP contribution in [0.15, 0.2) is 30.9 Å². The van der Waals surface area contributed by atoms with Crippen molar-refractivity contribution in [1.82, 2.24) is 39.0 Å². The molecule has 1 aromatic carbocycles. The molecule has 0 N–H and O–H groups in total. The molecule has 41 heavy (non-hydrogen) atoms. The molecule has 7 rings (SSSR count). The lowest BCUT2D eigenvalue weighted by molar-refractivity contribution is -0.0299. The third-order valence-corrected chi connectivity index (χ3v) is 7.92. The Morgan fingerprint density at radius 3 is 1.90 bits per heavy atom. The Morgan fingerprint density at radius 1 is 0.732 bits per heavy atom. The number of aromatic nitrogens is 8. The molecule has 13 heteroatoms. The molecule has 2 atom stereocenters. The highest BCUT2D eigenvalue weighted by atomic mass is 35.5. The minimum absolute atomic E-state index is 0.0262. The van der Waals surface area contributed by atoms with Crippen LogP contribution < -0.4 is 0 Å². The second-order valence-corrected chi connectivity index (χ2v) is 11.3. The summed E-state index contributed by atoms with van der Waals surface area (Å²) in [5, 5.41) is 0.629. The van der Waals surface area contributed by atoms with Gasteiger partial charge in [-0.05, 0) is 81.1 Å². The molecule has 0 saturated carbocycles. The summed E-state index contributed by atoms with van der Waals surface area (Å²) in [7, 11) is 0. The average Bonchev–Trinajstić information content (AvgIpc) is 3.59. The van der Waals surface area contributed by atoms with Crippen LogP contribution in [-0.4, -0.2) is 52.3 Å². The van der Waals surface area contributed by atoms with Gasteiger partial charge in [-0.2, -0.15) is 9.97 Å². The van der Waals surface area contributed by atoms with Gasteiger partial charge in [-0.1, -0.05) is 35.4 Å². The lowest BCUT2D eigenvalue weighted by Gasteiger charge is -2.23.